The highest BCUT2D eigenvalue weighted by Crippen LogP contribution is 2.10. The molecule has 0 bridgehead atoms. The second kappa shape index (κ2) is 5.73. The lowest BCUT2D eigenvalue weighted by Crippen LogP contribution is -2.36. The molecule has 3 nitrogen and oxygen atoms in total. The molecule has 1 aliphatic rings. The van der Waals surface area contributed by atoms with Crippen LogP contribution in [0.1, 0.15) is 12.8 Å². The Morgan fingerprint density at radius 2 is 2.13 bits per heavy atom. The van der Waals surface area contributed by atoms with Gasteiger partial charge in [-0.25, -0.2) is 0 Å². The van der Waals surface area contributed by atoms with Gasteiger partial charge in [0.1, 0.15) is 5.75 Å². The van der Waals surface area contributed by atoms with Crippen LogP contribution in [0.5, 0.6) is 5.75 Å². The first-order valence-corrected chi connectivity index (χ1v) is 5.45. The van der Waals surface area contributed by atoms with Crippen LogP contribution in [0.2, 0.25) is 0 Å². The summed E-state index contributed by atoms with van der Waals surface area (Å²) in [6.45, 7) is 2.40. The summed E-state index contributed by atoms with van der Waals surface area (Å²) in [5, 5.41) is 3.30. The molecule has 1 N–H and O–H groups in total. The van der Waals surface area contributed by atoms with Crippen LogP contribution in [0.3, 0.4) is 0 Å². The maximum atomic E-state index is 5.60. The third-order valence-electron chi connectivity index (χ3n) is 2.52. The third kappa shape index (κ3) is 3.53. The third-order valence-corrected chi connectivity index (χ3v) is 2.52. The molecule has 0 aliphatic carbocycles. The van der Waals surface area contributed by atoms with Gasteiger partial charge in [-0.1, -0.05) is 18.2 Å². The Kier molecular flexibility index (Phi) is 4.00. The smallest absolute Gasteiger partial charge is 0.189 e. The molecule has 1 aromatic rings. The summed E-state index contributed by atoms with van der Waals surface area (Å²) >= 11 is 0. The summed E-state index contributed by atoms with van der Waals surface area (Å²) in [6.07, 6.45) is 2.63. The van der Waals surface area contributed by atoms with E-state index in [0.29, 0.717) is 12.9 Å². The molecule has 1 heterocycles. The average molecular weight is 207 g/mol. The molecule has 1 fully saturated rings. The molecule has 1 unspecified atom stereocenters. The van der Waals surface area contributed by atoms with Crippen molar-refractivity contribution in [3.8, 4) is 5.75 Å². The molecule has 1 atom stereocenters. The summed E-state index contributed by atoms with van der Waals surface area (Å²) in [5.41, 5.74) is 0. The van der Waals surface area contributed by atoms with Crippen LogP contribution in [0.25, 0.3) is 0 Å². The van der Waals surface area contributed by atoms with E-state index < -0.39 is 0 Å². The Bertz CT molecular complexity index is 270. The Labute approximate surface area is 90.4 Å². The molecule has 3 heteroatoms. The highest BCUT2D eigenvalue weighted by molar-refractivity contribution is 5.20. The van der Waals surface area contributed by atoms with Crippen LogP contribution in [0.15, 0.2) is 30.3 Å². The highest BCUT2D eigenvalue weighted by Gasteiger charge is 2.12. The van der Waals surface area contributed by atoms with Crippen molar-refractivity contribution in [2.45, 2.75) is 18.9 Å². The van der Waals surface area contributed by atoms with Gasteiger partial charge in [0.25, 0.3) is 0 Å². The molecule has 82 valence electrons. The first-order valence-electron chi connectivity index (χ1n) is 5.45. The van der Waals surface area contributed by atoms with E-state index in [1.54, 1.807) is 0 Å². The molecule has 1 aromatic carbocycles. The van der Waals surface area contributed by atoms with Crippen LogP contribution in [0, 0.1) is 0 Å². The van der Waals surface area contributed by atoms with Crippen LogP contribution in [-0.4, -0.2) is 26.0 Å². The van der Waals surface area contributed by atoms with Gasteiger partial charge in [-0.15, -0.1) is 0 Å². The lowest BCUT2D eigenvalue weighted by Gasteiger charge is -2.22. The molecule has 1 aliphatic heterocycles. The first kappa shape index (κ1) is 10.5. The average Bonchev–Trinajstić information content (AvgIpc) is 2.32. The number of hydrogen-bond donors (Lipinski definition) is 1. The molecule has 0 amide bonds. The number of rotatable bonds is 4. The van der Waals surface area contributed by atoms with Crippen LogP contribution < -0.4 is 10.1 Å². The molecule has 2 rings (SSSR count). The van der Waals surface area contributed by atoms with Gasteiger partial charge in [0.05, 0.1) is 6.10 Å². The fourth-order valence-electron chi connectivity index (χ4n) is 1.68. The minimum atomic E-state index is 0.308. The zero-order chi connectivity index (χ0) is 10.3. The molecule has 0 spiro atoms. The zero-order valence-corrected chi connectivity index (χ0v) is 8.82. The maximum absolute atomic E-state index is 5.60. The number of benzene rings is 1. The number of nitrogens with one attached hydrogen (secondary N) is 1. The lowest BCUT2D eigenvalue weighted by atomic mass is 10.1. The molecule has 0 saturated carbocycles. The maximum Gasteiger partial charge on any atom is 0.189 e. The molecule has 0 radical (unpaired) electrons. The Morgan fingerprint density at radius 3 is 2.87 bits per heavy atom. The van der Waals surface area contributed by atoms with E-state index in [2.05, 4.69) is 5.32 Å². The van der Waals surface area contributed by atoms with Gasteiger partial charge in [0.2, 0.25) is 0 Å². The lowest BCUT2D eigenvalue weighted by molar-refractivity contribution is -0.0439. The highest BCUT2D eigenvalue weighted by atomic mass is 16.7. The van der Waals surface area contributed by atoms with E-state index in [1.807, 2.05) is 30.3 Å². The predicted octanol–water partition coefficient (Wildman–Crippen LogP) is 1.79. The molecule has 15 heavy (non-hydrogen) atoms. The number of piperidine rings is 1. The van der Waals surface area contributed by atoms with Crippen LogP contribution >= 0.6 is 0 Å². The van der Waals surface area contributed by atoms with Crippen molar-refractivity contribution in [1.29, 1.82) is 0 Å². The van der Waals surface area contributed by atoms with Gasteiger partial charge < -0.3 is 14.8 Å². The van der Waals surface area contributed by atoms with Crippen molar-refractivity contribution in [2.75, 3.05) is 19.9 Å². The van der Waals surface area contributed by atoms with Crippen molar-refractivity contribution >= 4 is 0 Å². The zero-order valence-electron chi connectivity index (χ0n) is 8.82. The van der Waals surface area contributed by atoms with Crippen molar-refractivity contribution in [3.05, 3.63) is 30.3 Å². The number of hydrogen-bond acceptors (Lipinski definition) is 3. The minimum absolute atomic E-state index is 0.308. The van der Waals surface area contributed by atoms with Crippen molar-refractivity contribution < 1.29 is 9.47 Å². The van der Waals surface area contributed by atoms with Gasteiger partial charge in [0, 0.05) is 6.54 Å². The summed E-state index contributed by atoms with van der Waals surface area (Å²) in [4.78, 5) is 0. The fourth-order valence-corrected chi connectivity index (χ4v) is 1.68. The molecular formula is C12H17NO2. The monoisotopic (exact) mass is 207 g/mol. The fraction of sp³-hybridized carbons (Fsp3) is 0.500. The summed E-state index contributed by atoms with van der Waals surface area (Å²) in [7, 11) is 0. The van der Waals surface area contributed by atoms with Gasteiger partial charge in [-0.05, 0) is 31.5 Å². The van der Waals surface area contributed by atoms with E-state index >= 15 is 0 Å². The summed E-state index contributed by atoms with van der Waals surface area (Å²) < 4.78 is 11.1. The van der Waals surface area contributed by atoms with Crippen molar-refractivity contribution in [3.63, 3.8) is 0 Å². The normalized spacial score (nSPS) is 21.2. The minimum Gasteiger partial charge on any atom is -0.468 e. The van der Waals surface area contributed by atoms with E-state index in [1.165, 1.54) is 6.42 Å². The molecule has 1 saturated heterocycles. The van der Waals surface area contributed by atoms with E-state index in [4.69, 9.17) is 9.47 Å². The first-order chi connectivity index (χ1) is 7.45. The van der Waals surface area contributed by atoms with Crippen LogP contribution in [-0.2, 0) is 4.74 Å². The van der Waals surface area contributed by atoms with Crippen molar-refractivity contribution in [1.82, 2.24) is 5.32 Å². The number of ether oxygens (including phenoxy) is 2. The SMILES string of the molecule is c1ccc(OCOC2CCCNC2)cc1. The van der Waals surface area contributed by atoms with Gasteiger partial charge in [0.15, 0.2) is 6.79 Å². The van der Waals surface area contributed by atoms with Gasteiger partial charge in [-0.3, -0.25) is 0 Å². The number of para-hydroxylation sites is 1. The Hall–Kier alpha value is -1.06. The molecular weight excluding hydrogens is 190 g/mol. The second-order valence-corrected chi connectivity index (χ2v) is 3.71. The van der Waals surface area contributed by atoms with E-state index in [9.17, 15) is 0 Å². The van der Waals surface area contributed by atoms with E-state index in [0.717, 1.165) is 25.3 Å². The van der Waals surface area contributed by atoms with Crippen LogP contribution in [0.4, 0.5) is 0 Å². The standard InChI is InChI=1S/C12H17NO2/c1-2-5-11(6-3-1)14-10-15-12-7-4-8-13-9-12/h1-3,5-6,12-13H,4,7-10H2. The largest absolute Gasteiger partial charge is 0.468 e. The summed E-state index contributed by atoms with van der Waals surface area (Å²) in [6, 6.07) is 9.75. The Balaban J connectivity index is 1.66. The molecule has 0 aromatic heterocycles. The second-order valence-electron chi connectivity index (χ2n) is 3.71. The Morgan fingerprint density at radius 1 is 1.27 bits per heavy atom. The predicted molar refractivity (Wildman–Crippen MR) is 58.9 cm³/mol. The van der Waals surface area contributed by atoms with Crippen molar-refractivity contribution in [2.24, 2.45) is 0 Å². The quantitative estimate of drug-likeness (QED) is 0.763. The van der Waals surface area contributed by atoms with E-state index in [-0.39, 0.29) is 0 Å². The van der Waals surface area contributed by atoms with Gasteiger partial charge in [-0.2, -0.15) is 0 Å². The van der Waals surface area contributed by atoms with Gasteiger partial charge >= 0.3 is 0 Å². The topological polar surface area (TPSA) is 30.5 Å². The summed E-state index contributed by atoms with van der Waals surface area (Å²) in [5.74, 6) is 0.862.